The molecule has 0 spiro atoms. The third-order valence-electron chi connectivity index (χ3n) is 3.11. The van der Waals surface area contributed by atoms with E-state index in [1.807, 2.05) is 24.3 Å². The number of aliphatic hydroxyl groups is 1. The highest BCUT2D eigenvalue weighted by Gasteiger charge is 2.53. The first kappa shape index (κ1) is 11.2. The van der Waals surface area contributed by atoms with E-state index in [4.69, 9.17) is 4.74 Å². The summed E-state index contributed by atoms with van der Waals surface area (Å²) in [5.74, 6) is 0. The zero-order chi connectivity index (χ0) is 12.7. The molecule has 1 fully saturated rings. The summed E-state index contributed by atoms with van der Waals surface area (Å²) >= 11 is 0. The van der Waals surface area contributed by atoms with Gasteiger partial charge in [-0.25, -0.2) is 10.2 Å². The van der Waals surface area contributed by atoms with Crippen molar-refractivity contribution in [2.24, 2.45) is 5.10 Å². The molecule has 3 rings (SSSR count). The van der Waals surface area contributed by atoms with Gasteiger partial charge in [0.2, 0.25) is 0 Å². The Balaban J connectivity index is 1.96. The Labute approximate surface area is 103 Å². The predicted octanol–water partition coefficient (Wildman–Crippen LogP) is 0.561. The highest BCUT2D eigenvalue weighted by molar-refractivity contribution is 6.08. The fraction of sp³-hybridized carbons (Fsp3) is 0.333. The third-order valence-corrected chi connectivity index (χ3v) is 3.11. The number of nitrogens with one attached hydrogen (secondary N) is 1. The van der Waals surface area contributed by atoms with Gasteiger partial charge in [-0.2, -0.15) is 5.10 Å². The number of hydrogen-bond acceptors (Lipinski definition) is 5. The molecule has 6 heteroatoms. The quantitative estimate of drug-likeness (QED) is 0.562. The minimum absolute atomic E-state index is 0.257. The Kier molecular flexibility index (Phi) is 2.53. The van der Waals surface area contributed by atoms with Crippen LogP contribution in [0.2, 0.25) is 0 Å². The molecule has 0 aromatic heterocycles. The number of aliphatic hydroxyl groups excluding tert-OH is 1. The lowest BCUT2D eigenvalue weighted by atomic mass is 9.88. The number of ether oxygens (including phenoxy) is 2. The highest BCUT2D eigenvalue weighted by atomic mass is 16.6. The Hall–Kier alpha value is -1.92. The lowest BCUT2D eigenvalue weighted by molar-refractivity contribution is 0.137. The Morgan fingerprint density at radius 1 is 1.50 bits per heavy atom. The molecule has 3 unspecified atom stereocenters. The van der Waals surface area contributed by atoms with Crippen LogP contribution in [0.3, 0.4) is 0 Å². The number of carbonyl (C=O) groups is 1. The van der Waals surface area contributed by atoms with E-state index in [9.17, 15) is 9.90 Å². The second kappa shape index (κ2) is 4.08. The minimum Gasteiger partial charge on any atom is -0.452 e. The first-order chi connectivity index (χ1) is 8.72. The van der Waals surface area contributed by atoms with Crippen LogP contribution in [0, 0.1) is 0 Å². The van der Waals surface area contributed by atoms with Crippen LogP contribution in [0.1, 0.15) is 17.2 Å². The summed E-state index contributed by atoms with van der Waals surface area (Å²) in [6.07, 6.45) is -1.79. The first-order valence-corrected chi connectivity index (χ1v) is 5.56. The summed E-state index contributed by atoms with van der Waals surface area (Å²) < 4.78 is 9.83. The maximum absolute atomic E-state index is 11.0. The molecule has 2 N–H and O–H groups in total. The van der Waals surface area contributed by atoms with Crippen molar-refractivity contribution >= 4 is 11.8 Å². The molecule has 0 saturated carbocycles. The van der Waals surface area contributed by atoms with Crippen LogP contribution in [-0.4, -0.2) is 36.2 Å². The highest BCUT2D eigenvalue weighted by Crippen LogP contribution is 2.42. The SMILES string of the molecule is COC(=O)N/N=C1\c2ccccc2C(O)C2OC12. The van der Waals surface area contributed by atoms with Gasteiger partial charge in [0.25, 0.3) is 0 Å². The Bertz CT molecular complexity index is 529. The smallest absolute Gasteiger partial charge is 0.427 e. The van der Waals surface area contributed by atoms with E-state index in [2.05, 4.69) is 15.3 Å². The van der Waals surface area contributed by atoms with Crippen LogP contribution in [0.4, 0.5) is 4.79 Å². The minimum atomic E-state index is -0.636. The molecule has 1 aliphatic carbocycles. The van der Waals surface area contributed by atoms with E-state index in [1.54, 1.807) is 0 Å². The lowest BCUT2D eigenvalue weighted by Crippen LogP contribution is -2.28. The molecule has 1 heterocycles. The molecule has 94 valence electrons. The second-order valence-electron chi connectivity index (χ2n) is 4.15. The van der Waals surface area contributed by atoms with Crippen LogP contribution >= 0.6 is 0 Å². The standard InChI is InChI=1S/C12H12N2O4/c1-17-12(16)14-13-8-6-4-2-3-5-7(6)9(15)11-10(8)18-11/h2-5,9-11,15H,1H3,(H,14,16)/b13-8+. The normalized spacial score (nSPS) is 30.3. The van der Waals surface area contributed by atoms with E-state index in [0.29, 0.717) is 5.71 Å². The largest absolute Gasteiger partial charge is 0.452 e. The summed E-state index contributed by atoms with van der Waals surface area (Å²) in [5.41, 5.74) is 4.45. The van der Waals surface area contributed by atoms with E-state index in [1.165, 1.54) is 7.11 Å². The second-order valence-corrected chi connectivity index (χ2v) is 4.15. The van der Waals surface area contributed by atoms with Crippen LogP contribution in [0.15, 0.2) is 29.4 Å². The van der Waals surface area contributed by atoms with Crippen molar-refractivity contribution in [1.82, 2.24) is 5.43 Å². The number of hydrogen-bond donors (Lipinski definition) is 2. The molecule has 1 saturated heterocycles. The number of carbonyl (C=O) groups excluding carboxylic acids is 1. The van der Waals surface area contributed by atoms with E-state index in [-0.39, 0.29) is 12.2 Å². The summed E-state index contributed by atoms with van der Waals surface area (Å²) in [6, 6.07) is 7.36. The number of benzene rings is 1. The Morgan fingerprint density at radius 2 is 2.28 bits per heavy atom. The molecule has 3 atom stereocenters. The zero-order valence-corrected chi connectivity index (χ0v) is 9.66. The van der Waals surface area contributed by atoms with Gasteiger partial charge >= 0.3 is 6.09 Å². The number of epoxide rings is 1. The van der Waals surface area contributed by atoms with Gasteiger partial charge in [0.15, 0.2) is 0 Å². The molecule has 2 aliphatic rings. The van der Waals surface area contributed by atoms with Crippen molar-refractivity contribution in [3.05, 3.63) is 35.4 Å². The maximum atomic E-state index is 11.0. The molecular formula is C12H12N2O4. The molecule has 1 aromatic rings. The van der Waals surface area contributed by atoms with Crippen molar-refractivity contribution in [3.63, 3.8) is 0 Å². The van der Waals surface area contributed by atoms with Gasteiger partial charge in [-0.1, -0.05) is 24.3 Å². The maximum Gasteiger partial charge on any atom is 0.427 e. The van der Waals surface area contributed by atoms with Crippen molar-refractivity contribution in [1.29, 1.82) is 0 Å². The molecule has 18 heavy (non-hydrogen) atoms. The number of methoxy groups -OCH3 is 1. The van der Waals surface area contributed by atoms with Crippen molar-refractivity contribution in [3.8, 4) is 0 Å². The van der Waals surface area contributed by atoms with Gasteiger partial charge in [0.05, 0.1) is 7.11 Å². The molecule has 0 radical (unpaired) electrons. The summed E-state index contributed by atoms with van der Waals surface area (Å²) in [7, 11) is 1.27. The predicted molar refractivity (Wildman–Crippen MR) is 62.1 cm³/mol. The van der Waals surface area contributed by atoms with E-state index < -0.39 is 12.2 Å². The van der Waals surface area contributed by atoms with Crippen LogP contribution in [0.25, 0.3) is 0 Å². The summed E-state index contributed by atoms with van der Waals surface area (Å²) in [5, 5.41) is 14.0. The fourth-order valence-corrected chi connectivity index (χ4v) is 2.18. The van der Waals surface area contributed by atoms with Crippen LogP contribution in [0.5, 0.6) is 0 Å². The summed E-state index contributed by atoms with van der Waals surface area (Å²) in [4.78, 5) is 11.0. The number of fused-ring (bicyclic) bond motifs is 2. The number of rotatable bonds is 1. The van der Waals surface area contributed by atoms with Crippen LogP contribution in [-0.2, 0) is 9.47 Å². The van der Waals surface area contributed by atoms with Crippen molar-refractivity contribution < 1.29 is 19.4 Å². The average molecular weight is 248 g/mol. The molecule has 6 nitrogen and oxygen atoms in total. The van der Waals surface area contributed by atoms with Gasteiger partial charge in [0.1, 0.15) is 24.0 Å². The third kappa shape index (κ3) is 1.66. The topological polar surface area (TPSA) is 83.5 Å². The molecule has 1 amide bonds. The lowest BCUT2D eigenvalue weighted by Gasteiger charge is -2.18. The van der Waals surface area contributed by atoms with Crippen LogP contribution < -0.4 is 5.43 Å². The van der Waals surface area contributed by atoms with Gasteiger partial charge in [-0.15, -0.1) is 0 Å². The van der Waals surface area contributed by atoms with Crippen molar-refractivity contribution in [2.75, 3.05) is 7.11 Å². The van der Waals surface area contributed by atoms with E-state index in [0.717, 1.165) is 11.1 Å². The Morgan fingerprint density at radius 3 is 3.06 bits per heavy atom. The molecule has 1 aromatic carbocycles. The zero-order valence-electron chi connectivity index (χ0n) is 9.66. The fourth-order valence-electron chi connectivity index (χ4n) is 2.18. The average Bonchev–Trinajstić information content (AvgIpc) is 3.19. The molecule has 1 aliphatic heterocycles. The summed E-state index contributed by atoms with van der Waals surface area (Å²) in [6.45, 7) is 0. The first-order valence-electron chi connectivity index (χ1n) is 5.56. The van der Waals surface area contributed by atoms with Crippen molar-refractivity contribution in [2.45, 2.75) is 18.3 Å². The van der Waals surface area contributed by atoms with Gasteiger partial charge in [-0.3, -0.25) is 0 Å². The monoisotopic (exact) mass is 248 g/mol. The van der Waals surface area contributed by atoms with Gasteiger partial charge < -0.3 is 14.6 Å². The number of amides is 1. The number of hydrazone groups is 1. The van der Waals surface area contributed by atoms with E-state index >= 15 is 0 Å². The van der Waals surface area contributed by atoms with Gasteiger partial charge in [0, 0.05) is 5.56 Å². The molecular weight excluding hydrogens is 236 g/mol. The number of nitrogens with zero attached hydrogens (tertiary/aromatic N) is 1. The van der Waals surface area contributed by atoms with Gasteiger partial charge in [-0.05, 0) is 5.56 Å². The molecule has 0 bridgehead atoms.